The maximum Gasteiger partial charge on any atom is 0.407 e. The summed E-state index contributed by atoms with van der Waals surface area (Å²) in [5, 5.41) is 2.61. The quantitative estimate of drug-likeness (QED) is 0.0259. The van der Waals surface area contributed by atoms with Crippen molar-refractivity contribution in [1.82, 2.24) is 5.32 Å². The number of rotatable bonds is 37. The first-order chi connectivity index (χ1) is 27.4. The first-order valence-electron chi connectivity index (χ1n) is 18.5. The highest BCUT2D eigenvalue weighted by molar-refractivity contribution is 5.72. The van der Waals surface area contributed by atoms with Crippen LogP contribution in [0.3, 0.4) is 0 Å². The van der Waals surface area contributed by atoms with Crippen molar-refractivity contribution in [1.29, 1.82) is 0 Å². The lowest BCUT2D eigenvalue weighted by Crippen LogP contribution is -2.34. The minimum Gasteiger partial charge on any atom is -0.444 e. The molecule has 0 spiro atoms. The minimum atomic E-state index is -2.35. The Morgan fingerprint density at radius 3 is 0.982 bits per heavy atom. The molecule has 1 aromatic rings. The van der Waals surface area contributed by atoms with E-state index in [4.69, 9.17) is 56.8 Å². The molecule has 0 atom stereocenters. The normalized spacial score (nSPS) is 11.6. The summed E-state index contributed by atoms with van der Waals surface area (Å²) < 4.78 is 135. The number of esters is 1. The van der Waals surface area contributed by atoms with Crippen LogP contribution in [-0.4, -0.2) is 170 Å². The molecule has 0 aliphatic heterocycles. The van der Waals surface area contributed by atoms with Crippen molar-refractivity contribution >= 4 is 12.1 Å². The van der Waals surface area contributed by atoms with E-state index in [0.29, 0.717) is 125 Å². The zero-order valence-corrected chi connectivity index (χ0v) is 33.0. The van der Waals surface area contributed by atoms with Gasteiger partial charge in [0.1, 0.15) is 5.60 Å². The number of amides is 1. The molecule has 0 aliphatic carbocycles. The van der Waals surface area contributed by atoms with E-state index in [2.05, 4.69) is 10.1 Å². The SMILES string of the molecule is CC(C)(C)OC(=O)NCCOCCOCCOCCOCCOCCOCCOCCOCCOCCOCCOCCC(=O)Oc1c(F)c(F)c(F)c(F)c1F. The molecule has 0 saturated carbocycles. The van der Waals surface area contributed by atoms with Gasteiger partial charge in [0.05, 0.1) is 152 Å². The van der Waals surface area contributed by atoms with Crippen molar-refractivity contribution in [3.63, 3.8) is 0 Å². The number of halogens is 5. The maximum atomic E-state index is 13.6. The van der Waals surface area contributed by atoms with Crippen LogP contribution in [0.5, 0.6) is 5.75 Å². The van der Waals surface area contributed by atoms with Gasteiger partial charge in [-0.1, -0.05) is 0 Å². The zero-order valence-electron chi connectivity index (χ0n) is 33.0. The van der Waals surface area contributed by atoms with Gasteiger partial charge in [-0.3, -0.25) is 4.79 Å². The summed E-state index contributed by atoms with van der Waals surface area (Å²) in [6, 6.07) is 0. The Bertz CT molecular complexity index is 1170. The Kier molecular flexibility index (Phi) is 31.2. The van der Waals surface area contributed by atoms with Crippen molar-refractivity contribution in [2.24, 2.45) is 0 Å². The molecule has 0 saturated heterocycles. The average molecular weight is 840 g/mol. The molecule has 0 unspecified atom stereocenters. The summed E-state index contributed by atoms with van der Waals surface area (Å²) in [5.41, 5.74) is -0.532. The van der Waals surface area contributed by atoms with Gasteiger partial charge in [-0.15, -0.1) is 0 Å². The molecule has 332 valence electrons. The molecule has 0 fully saturated rings. The molecular weight excluding hydrogens is 781 g/mol. The summed E-state index contributed by atoms with van der Waals surface area (Å²) in [6.07, 6.45) is -0.965. The number of alkyl carbamates (subject to hydrolysis) is 1. The highest BCUT2D eigenvalue weighted by Crippen LogP contribution is 2.29. The van der Waals surface area contributed by atoms with Crippen LogP contribution in [0.2, 0.25) is 0 Å². The largest absolute Gasteiger partial charge is 0.444 e. The minimum absolute atomic E-state index is 0.0739. The van der Waals surface area contributed by atoms with Crippen LogP contribution >= 0.6 is 0 Å². The highest BCUT2D eigenvalue weighted by Gasteiger charge is 2.28. The molecule has 16 nitrogen and oxygen atoms in total. The molecule has 0 aliphatic rings. The first-order valence-corrected chi connectivity index (χ1v) is 18.5. The van der Waals surface area contributed by atoms with Gasteiger partial charge in [-0.25, -0.2) is 18.0 Å². The van der Waals surface area contributed by atoms with Crippen LogP contribution in [0.1, 0.15) is 27.2 Å². The summed E-state index contributed by atoms with van der Waals surface area (Å²) in [7, 11) is 0. The summed E-state index contributed by atoms with van der Waals surface area (Å²) in [5.74, 6) is -14.2. The van der Waals surface area contributed by atoms with E-state index in [-0.39, 0.29) is 26.4 Å². The smallest absolute Gasteiger partial charge is 0.407 e. The van der Waals surface area contributed by atoms with Gasteiger partial charge >= 0.3 is 12.1 Å². The van der Waals surface area contributed by atoms with Crippen LogP contribution in [0.15, 0.2) is 0 Å². The number of hydrogen-bond acceptors (Lipinski definition) is 15. The Morgan fingerprint density at radius 1 is 0.421 bits per heavy atom. The van der Waals surface area contributed by atoms with Gasteiger partial charge in [0.25, 0.3) is 0 Å². The van der Waals surface area contributed by atoms with Crippen molar-refractivity contribution in [2.45, 2.75) is 32.8 Å². The Morgan fingerprint density at radius 2 is 0.684 bits per heavy atom. The molecule has 0 radical (unpaired) electrons. The molecule has 1 N–H and O–H groups in total. The topological polar surface area (TPSA) is 166 Å². The predicted molar refractivity (Wildman–Crippen MR) is 190 cm³/mol. The van der Waals surface area contributed by atoms with Crippen LogP contribution in [0, 0.1) is 29.1 Å². The van der Waals surface area contributed by atoms with Crippen molar-refractivity contribution < 1.29 is 93.1 Å². The number of ether oxygens (including phenoxy) is 13. The molecule has 1 amide bonds. The maximum absolute atomic E-state index is 13.6. The van der Waals surface area contributed by atoms with E-state index in [1.54, 1.807) is 20.8 Å². The number of nitrogens with one attached hydrogen (secondary N) is 1. The molecular formula is C36H58F5NO15. The second kappa shape index (κ2) is 34.1. The predicted octanol–water partition coefficient (Wildman–Crippen LogP) is 3.38. The van der Waals surface area contributed by atoms with Gasteiger partial charge in [0.15, 0.2) is 0 Å². The van der Waals surface area contributed by atoms with Gasteiger partial charge in [0.2, 0.25) is 34.8 Å². The van der Waals surface area contributed by atoms with Gasteiger partial charge in [-0.05, 0) is 20.8 Å². The second-order valence-corrected chi connectivity index (χ2v) is 12.3. The van der Waals surface area contributed by atoms with E-state index in [0.717, 1.165) is 0 Å². The molecule has 0 bridgehead atoms. The van der Waals surface area contributed by atoms with Crippen LogP contribution in [0.25, 0.3) is 0 Å². The lowest BCUT2D eigenvalue weighted by atomic mass is 10.2. The molecule has 0 heterocycles. The fourth-order valence-corrected chi connectivity index (χ4v) is 3.84. The summed E-state index contributed by atoms with van der Waals surface area (Å²) in [4.78, 5) is 23.2. The third kappa shape index (κ3) is 29.1. The van der Waals surface area contributed by atoms with Gasteiger partial charge in [-0.2, -0.15) is 8.78 Å². The Labute approximate surface area is 330 Å². The summed E-state index contributed by atoms with van der Waals surface area (Å²) >= 11 is 0. The lowest BCUT2D eigenvalue weighted by molar-refractivity contribution is -0.136. The van der Waals surface area contributed by atoms with E-state index in [1.807, 2.05) is 0 Å². The molecule has 0 aromatic heterocycles. The van der Waals surface area contributed by atoms with Gasteiger partial charge in [0, 0.05) is 6.54 Å². The number of carbonyl (C=O) groups is 2. The van der Waals surface area contributed by atoms with Crippen LogP contribution < -0.4 is 10.1 Å². The van der Waals surface area contributed by atoms with E-state index in [1.165, 1.54) is 0 Å². The fourth-order valence-electron chi connectivity index (χ4n) is 3.84. The average Bonchev–Trinajstić information content (AvgIpc) is 3.17. The van der Waals surface area contributed by atoms with Crippen molar-refractivity contribution in [3.8, 4) is 5.75 Å². The van der Waals surface area contributed by atoms with E-state index in [9.17, 15) is 31.5 Å². The highest BCUT2D eigenvalue weighted by atomic mass is 19.2. The summed E-state index contributed by atoms with van der Waals surface area (Å²) in [6.45, 7) is 13.4. The Hall–Kier alpha value is -2.83. The second-order valence-electron chi connectivity index (χ2n) is 12.3. The molecule has 1 rings (SSSR count). The van der Waals surface area contributed by atoms with E-state index >= 15 is 0 Å². The standard InChI is InChI=1S/C36H58F5NO15/c1-36(2,3)57-35(44)42-5-7-46-9-11-48-13-15-50-17-19-52-21-23-54-25-27-55-26-24-53-22-20-51-18-16-49-14-12-47-10-8-45-6-4-28(43)56-34-32(40)30(38)29(37)31(39)33(34)41/h4-27H2,1-3H3,(H,42,44). The molecule has 21 heteroatoms. The lowest BCUT2D eigenvalue weighted by Gasteiger charge is -2.19. The fraction of sp³-hybridized carbons (Fsp3) is 0.778. The Balaban J connectivity index is 1.72. The van der Waals surface area contributed by atoms with E-state index < -0.39 is 58.9 Å². The number of benzene rings is 1. The van der Waals surface area contributed by atoms with Crippen molar-refractivity contribution in [3.05, 3.63) is 29.1 Å². The first kappa shape index (κ1) is 52.2. The number of carbonyl (C=O) groups excluding carboxylic acids is 2. The van der Waals surface area contributed by atoms with Crippen molar-refractivity contribution in [2.75, 3.05) is 152 Å². The number of hydrogen-bond donors (Lipinski definition) is 1. The van der Waals surface area contributed by atoms with Gasteiger partial charge < -0.3 is 66.9 Å². The third-order valence-electron chi connectivity index (χ3n) is 6.47. The third-order valence-corrected chi connectivity index (χ3v) is 6.47. The monoisotopic (exact) mass is 839 g/mol. The molecule has 57 heavy (non-hydrogen) atoms. The zero-order chi connectivity index (χ0) is 42.0. The van der Waals surface area contributed by atoms with Crippen LogP contribution in [-0.2, 0) is 61.6 Å². The van der Waals surface area contributed by atoms with Crippen LogP contribution in [0.4, 0.5) is 26.7 Å². The molecule has 1 aromatic carbocycles.